The summed E-state index contributed by atoms with van der Waals surface area (Å²) in [6.07, 6.45) is 0. The molecule has 1 aromatic carbocycles. The average molecular weight is 399 g/mol. The van der Waals surface area contributed by atoms with Crippen LogP contribution in [-0.2, 0) is 27.6 Å². The summed E-state index contributed by atoms with van der Waals surface area (Å²) in [4.78, 5) is 25.7. The Hall–Kier alpha value is -2.58. The number of para-hydroxylation sites is 1. The first-order valence-electron chi connectivity index (χ1n) is 8.49. The molecule has 2 N–H and O–H groups in total. The maximum Gasteiger partial charge on any atom is 0.314 e. The molecule has 2 aromatic heterocycles. The van der Waals surface area contributed by atoms with E-state index < -0.39 is 11.8 Å². The van der Waals surface area contributed by atoms with Gasteiger partial charge in [0, 0.05) is 21.9 Å². The number of hydrogen-bond acceptors (Lipinski definition) is 5. The van der Waals surface area contributed by atoms with Crippen molar-refractivity contribution in [2.45, 2.75) is 25.0 Å². The number of nitrogens with zero attached hydrogens (tertiary/aromatic N) is 2. The van der Waals surface area contributed by atoms with E-state index in [0.717, 1.165) is 38.9 Å². The van der Waals surface area contributed by atoms with Crippen molar-refractivity contribution in [2.75, 3.05) is 5.32 Å². The molecule has 8 heteroatoms. The highest BCUT2D eigenvalue weighted by molar-refractivity contribution is 7.98. The molecule has 0 unspecified atom stereocenters. The van der Waals surface area contributed by atoms with Crippen LogP contribution in [0, 0.1) is 6.92 Å². The van der Waals surface area contributed by atoms with E-state index >= 15 is 0 Å². The maximum atomic E-state index is 12.5. The molecule has 6 nitrogen and oxygen atoms in total. The second-order valence-corrected chi connectivity index (χ2v) is 8.20. The topological polar surface area (TPSA) is 76.0 Å². The van der Waals surface area contributed by atoms with Gasteiger partial charge in [0.15, 0.2) is 0 Å². The van der Waals surface area contributed by atoms with Crippen molar-refractivity contribution in [1.82, 2.24) is 15.1 Å². The Morgan fingerprint density at radius 1 is 1.15 bits per heavy atom. The zero-order valence-electron chi connectivity index (χ0n) is 14.7. The number of fused-ring (bicyclic) bond motifs is 1. The molecule has 0 spiro atoms. The van der Waals surface area contributed by atoms with Crippen molar-refractivity contribution in [3.63, 3.8) is 0 Å². The number of benzene rings is 1. The van der Waals surface area contributed by atoms with Gasteiger partial charge in [0.05, 0.1) is 17.9 Å². The summed E-state index contributed by atoms with van der Waals surface area (Å²) in [5, 5.41) is 12.1. The first-order chi connectivity index (χ1) is 13.1. The average Bonchev–Trinajstić information content (AvgIpc) is 3.39. The van der Waals surface area contributed by atoms with Crippen molar-refractivity contribution < 1.29 is 9.59 Å². The molecule has 27 heavy (non-hydrogen) atoms. The van der Waals surface area contributed by atoms with Gasteiger partial charge in [-0.1, -0.05) is 24.3 Å². The predicted molar refractivity (Wildman–Crippen MR) is 108 cm³/mol. The summed E-state index contributed by atoms with van der Waals surface area (Å²) in [5.41, 5.74) is 3.88. The van der Waals surface area contributed by atoms with Crippen molar-refractivity contribution >= 4 is 40.7 Å². The number of aryl methyl sites for hydroxylation is 1. The van der Waals surface area contributed by atoms with E-state index in [0.29, 0.717) is 12.4 Å². The number of aromatic nitrogens is 2. The predicted octanol–water partition coefficient (Wildman–Crippen LogP) is 3.24. The lowest BCUT2D eigenvalue weighted by molar-refractivity contribution is -0.136. The van der Waals surface area contributed by atoms with Crippen LogP contribution in [0.2, 0.25) is 0 Å². The van der Waals surface area contributed by atoms with Crippen LogP contribution in [0.3, 0.4) is 0 Å². The summed E-state index contributed by atoms with van der Waals surface area (Å²) in [5.74, 6) is 0.830. The minimum atomic E-state index is -0.680. The SMILES string of the molecule is Cc1ccccc1-n1nc2c(c1NC(=O)C(=O)NCc1cccs1)CSC2. The zero-order valence-corrected chi connectivity index (χ0v) is 16.3. The van der Waals surface area contributed by atoms with Gasteiger partial charge < -0.3 is 10.6 Å². The second-order valence-electron chi connectivity index (χ2n) is 6.18. The van der Waals surface area contributed by atoms with Crippen LogP contribution in [0.5, 0.6) is 0 Å². The van der Waals surface area contributed by atoms with E-state index in [2.05, 4.69) is 15.7 Å². The van der Waals surface area contributed by atoms with Crippen molar-refractivity contribution in [2.24, 2.45) is 0 Å². The third kappa shape index (κ3) is 3.63. The molecule has 0 saturated carbocycles. The number of thiophene rings is 1. The highest BCUT2D eigenvalue weighted by Crippen LogP contribution is 2.36. The molecule has 0 aliphatic carbocycles. The molecule has 4 rings (SSSR count). The molecule has 138 valence electrons. The van der Waals surface area contributed by atoms with Crippen molar-refractivity contribution in [3.05, 3.63) is 63.5 Å². The Morgan fingerprint density at radius 3 is 2.78 bits per heavy atom. The Kier molecular flexibility index (Phi) is 5.00. The molecule has 3 heterocycles. The second kappa shape index (κ2) is 7.58. The first-order valence-corrected chi connectivity index (χ1v) is 10.5. The van der Waals surface area contributed by atoms with Gasteiger partial charge in [0.1, 0.15) is 5.82 Å². The van der Waals surface area contributed by atoms with Crippen LogP contribution in [0.4, 0.5) is 5.82 Å². The largest absolute Gasteiger partial charge is 0.343 e. The van der Waals surface area contributed by atoms with Crippen molar-refractivity contribution in [3.8, 4) is 5.69 Å². The van der Waals surface area contributed by atoms with Crippen LogP contribution < -0.4 is 10.6 Å². The highest BCUT2D eigenvalue weighted by atomic mass is 32.2. The van der Waals surface area contributed by atoms with E-state index in [-0.39, 0.29) is 0 Å². The number of rotatable bonds is 4. The van der Waals surface area contributed by atoms with Crippen LogP contribution >= 0.6 is 23.1 Å². The summed E-state index contributed by atoms with van der Waals surface area (Å²) in [6, 6.07) is 11.7. The maximum absolute atomic E-state index is 12.5. The van der Waals surface area contributed by atoms with Gasteiger partial charge >= 0.3 is 11.8 Å². The fourth-order valence-corrected chi connectivity index (χ4v) is 4.62. The minimum absolute atomic E-state index is 0.342. The Balaban J connectivity index is 1.57. The van der Waals surface area contributed by atoms with E-state index in [1.807, 2.05) is 48.7 Å². The van der Waals surface area contributed by atoms with Gasteiger partial charge in [-0.25, -0.2) is 4.68 Å². The molecular weight excluding hydrogens is 380 g/mol. The standard InChI is InChI=1S/C19H18N4O2S2/c1-12-5-2-3-7-16(12)23-17(14-10-26-11-15(14)22-23)21-19(25)18(24)20-9-13-6-4-8-27-13/h2-8H,9-11H2,1H3,(H,20,24)(H,21,25). The van der Waals surface area contributed by atoms with E-state index in [9.17, 15) is 9.59 Å². The van der Waals surface area contributed by atoms with Gasteiger partial charge in [-0.15, -0.1) is 11.3 Å². The summed E-state index contributed by atoms with van der Waals surface area (Å²) in [7, 11) is 0. The fourth-order valence-electron chi connectivity index (χ4n) is 2.94. The monoisotopic (exact) mass is 398 g/mol. The molecule has 2 amide bonds. The van der Waals surface area contributed by atoms with Gasteiger partial charge in [-0.3, -0.25) is 9.59 Å². The number of carbonyl (C=O) groups is 2. The normalized spacial score (nSPS) is 12.6. The molecule has 3 aromatic rings. The minimum Gasteiger partial charge on any atom is -0.343 e. The summed E-state index contributed by atoms with van der Waals surface area (Å²) < 4.78 is 1.74. The molecule has 0 atom stereocenters. The zero-order chi connectivity index (χ0) is 18.8. The number of thioether (sulfide) groups is 1. The van der Waals surface area contributed by atoms with E-state index in [1.165, 1.54) is 11.3 Å². The third-order valence-electron chi connectivity index (χ3n) is 4.34. The number of carbonyl (C=O) groups excluding carboxylic acids is 2. The van der Waals surface area contributed by atoms with E-state index in [4.69, 9.17) is 0 Å². The van der Waals surface area contributed by atoms with E-state index in [1.54, 1.807) is 16.4 Å². The molecule has 1 aliphatic heterocycles. The fraction of sp³-hybridized carbons (Fsp3) is 0.211. The summed E-state index contributed by atoms with van der Waals surface area (Å²) >= 11 is 3.29. The van der Waals surface area contributed by atoms with Crippen molar-refractivity contribution in [1.29, 1.82) is 0 Å². The first kappa shape index (κ1) is 17.8. The molecule has 0 fully saturated rings. The number of hydrogen-bond donors (Lipinski definition) is 2. The Labute approximate surface area is 165 Å². The molecule has 0 radical (unpaired) electrons. The molecule has 0 bridgehead atoms. The highest BCUT2D eigenvalue weighted by Gasteiger charge is 2.26. The number of nitrogens with one attached hydrogen (secondary N) is 2. The number of amides is 2. The number of anilines is 1. The van der Waals surface area contributed by atoms with Crippen LogP contribution in [0.15, 0.2) is 41.8 Å². The Bertz CT molecular complexity index is 995. The lowest BCUT2D eigenvalue weighted by Gasteiger charge is -2.12. The third-order valence-corrected chi connectivity index (χ3v) is 6.18. The molecule has 0 saturated heterocycles. The lowest BCUT2D eigenvalue weighted by Crippen LogP contribution is -2.35. The van der Waals surface area contributed by atoms with Crippen LogP contribution in [0.25, 0.3) is 5.69 Å². The van der Waals surface area contributed by atoms with Crippen LogP contribution in [0.1, 0.15) is 21.7 Å². The van der Waals surface area contributed by atoms with Gasteiger partial charge in [0.25, 0.3) is 0 Å². The molecule has 1 aliphatic rings. The van der Waals surface area contributed by atoms with Gasteiger partial charge in [-0.2, -0.15) is 16.9 Å². The van der Waals surface area contributed by atoms with Crippen LogP contribution in [-0.4, -0.2) is 21.6 Å². The van der Waals surface area contributed by atoms with Gasteiger partial charge in [-0.05, 0) is 30.0 Å². The summed E-state index contributed by atoms with van der Waals surface area (Å²) in [6.45, 7) is 2.34. The Morgan fingerprint density at radius 2 is 2.00 bits per heavy atom. The molecular formula is C19H18N4O2S2. The smallest absolute Gasteiger partial charge is 0.314 e. The quantitative estimate of drug-likeness (QED) is 0.662. The lowest BCUT2D eigenvalue weighted by atomic mass is 10.2. The van der Waals surface area contributed by atoms with Gasteiger partial charge in [0.2, 0.25) is 0 Å².